The van der Waals surface area contributed by atoms with Crippen molar-refractivity contribution in [3.05, 3.63) is 30.1 Å². The maximum absolute atomic E-state index is 12.5. The molecule has 1 atom stereocenters. The third kappa shape index (κ3) is 2.70. The molecule has 0 fully saturated rings. The predicted octanol–water partition coefficient (Wildman–Crippen LogP) is 0.616. The highest BCUT2D eigenvalue weighted by Gasteiger charge is 2.16. The molecule has 0 aliphatic carbocycles. The van der Waals surface area contributed by atoms with E-state index in [2.05, 4.69) is 0 Å². The van der Waals surface area contributed by atoms with Crippen LogP contribution in [0, 0.1) is 5.82 Å². The van der Waals surface area contributed by atoms with Gasteiger partial charge in [0.05, 0.1) is 0 Å². The van der Waals surface area contributed by atoms with Crippen LogP contribution in [0.25, 0.3) is 0 Å². The first kappa shape index (κ1) is 10.5. The quantitative estimate of drug-likeness (QED) is 0.745. The first-order chi connectivity index (χ1) is 6.63. The van der Waals surface area contributed by atoms with Crippen molar-refractivity contribution < 1.29 is 19.0 Å². The fourth-order valence-corrected chi connectivity index (χ4v) is 0.877. The van der Waals surface area contributed by atoms with Crippen LogP contribution in [0.1, 0.15) is 0 Å². The van der Waals surface area contributed by atoms with Gasteiger partial charge in [-0.1, -0.05) is 0 Å². The summed E-state index contributed by atoms with van der Waals surface area (Å²) in [5.74, 6) is -1.27. The first-order valence-electron chi connectivity index (χ1n) is 3.98. The fraction of sp³-hybridized carbons (Fsp3) is 0.222. The molecule has 1 aromatic rings. The molecule has 14 heavy (non-hydrogen) atoms. The van der Waals surface area contributed by atoms with Crippen molar-refractivity contribution >= 4 is 5.97 Å². The minimum Gasteiger partial charge on any atom is -0.478 e. The number of nitrogens with two attached hydrogens (primary N) is 1. The molecule has 0 aliphatic rings. The van der Waals surface area contributed by atoms with Crippen LogP contribution in [0.15, 0.2) is 24.3 Å². The molecule has 4 nitrogen and oxygen atoms in total. The number of carboxylic acids is 1. The molecule has 0 spiro atoms. The Morgan fingerprint density at radius 1 is 1.50 bits per heavy atom. The van der Waals surface area contributed by atoms with Crippen LogP contribution in [0.2, 0.25) is 0 Å². The smallest absolute Gasteiger partial charge is 0.346 e. The van der Waals surface area contributed by atoms with Gasteiger partial charge in [0.1, 0.15) is 11.6 Å². The average molecular weight is 199 g/mol. The zero-order valence-electron chi connectivity index (χ0n) is 7.31. The van der Waals surface area contributed by atoms with Crippen molar-refractivity contribution in [1.82, 2.24) is 0 Å². The van der Waals surface area contributed by atoms with Gasteiger partial charge in [-0.2, -0.15) is 0 Å². The maximum atomic E-state index is 12.5. The lowest BCUT2D eigenvalue weighted by atomic mass is 10.3. The molecule has 1 rings (SSSR count). The van der Waals surface area contributed by atoms with E-state index in [4.69, 9.17) is 15.6 Å². The monoisotopic (exact) mass is 199 g/mol. The van der Waals surface area contributed by atoms with Gasteiger partial charge in [-0.05, 0) is 24.3 Å². The van der Waals surface area contributed by atoms with E-state index in [1.807, 2.05) is 0 Å². The Bertz CT molecular complexity index is 312. The second kappa shape index (κ2) is 4.57. The Hall–Kier alpha value is -1.62. The molecule has 0 bridgehead atoms. The van der Waals surface area contributed by atoms with Gasteiger partial charge in [0.2, 0.25) is 6.10 Å². The average Bonchev–Trinajstić information content (AvgIpc) is 2.16. The highest BCUT2D eigenvalue weighted by molar-refractivity contribution is 5.73. The van der Waals surface area contributed by atoms with Crippen LogP contribution in [-0.4, -0.2) is 23.7 Å². The number of carboxylic acid groups (broad SMARTS) is 1. The Labute approximate surface area is 80.1 Å². The predicted molar refractivity (Wildman–Crippen MR) is 47.5 cm³/mol. The molecule has 0 aliphatic heterocycles. The Balaban J connectivity index is 2.67. The fourth-order valence-electron chi connectivity index (χ4n) is 0.877. The third-order valence-electron chi connectivity index (χ3n) is 1.58. The molecule has 0 heterocycles. The lowest BCUT2D eigenvalue weighted by molar-refractivity contribution is -0.144. The highest BCUT2D eigenvalue weighted by Crippen LogP contribution is 2.12. The Kier molecular flexibility index (Phi) is 3.41. The van der Waals surface area contributed by atoms with Crippen molar-refractivity contribution in [3.8, 4) is 5.75 Å². The van der Waals surface area contributed by atoms with Crippen LogP contribution >= 0.6 is 0 Å². The van der Waals surface area contributed by atoms with Crippen LogP contribution in [-0.2, 0) is 4.79 Å². The lowest BCUT2D eigenvalue weighted by Crippen LogP contribution is -2.34. The molecular weight excluding hydrogens is 189 g/mol. The summed E-state index contributed by atoms with van der Waals surface area (Å²) in [4.78, 5) is 10.5. The van der Waals surface area contributed by atoms with Crippen molar-refractivity contribution in [3.63, 3.8) is 0 Å². The van der Waals surface area contributed by atoms with E-state index in [9.17, 15) is 9.18 Å². The van der Waals surface area contributed by atoms with Crippen LogP contribution in [0.3, 0.4) is 0 Å². The van der Waals surface area contributed by atoms with E-state index >= 15 is 0 Å². The molecule has 3 N–H and O–H groups in total. The molecule has 1 unspecified atom stereocenters. The summed E-state index contributed by atoms with van der Waals surface area (Å²) in [6.45, 7) is -0.132. The van der Waals surface area contributed by atoms with E-state index < -0.39 is 17.9 Å². The van der Waals surface area contributed by atoms with Crippen molar-refractivity contribution in [2.24, 2.45) is 5.73 Å². The van der Waals surface area contributed by atoms with Gasteiger partial charge in [-0.15, -0.1) is 0 Å². The van der Waals surface area contributed by atoms with Gasteiger partial charge in [0, 0.05) is 6.54 Å². The van der Waals surface area contributed by atoms with Crippen LogP contribution in [0.5, 0.6) is 5.75 Å². The second-order valence-electron chi connectivity index (χ2n) is 2.63. The summed E-state index contributed by atoms with van der Waals surface area (Å²) in [6, 6.07) is 5.07. The first-order valence-corrected chi connectivity index (χ1v) is 3.98. The van der Waals surface area contributed by atoms with Gasteiger partial charge in [-0.25, -0.2) is 9.18 Å². The van der Waals surface area contributed by atoms with E-state index in [-0.39, 0.29) is 12.3 Å². The topological polar surface area (TPSA) is 72.5 Å². The normalized spacial score (nSPS) is 12.1. The molecule has 1 aromatic carbocycles. The number of hydrogen-bond donors (Lipinski definition) is 2. The van der Waals surface area contributed by atoms with E-state index in [1.165, 1.54) is 24.3 Å². The number of rotatable bonds is 4. The van der Waals surface area contributed by atoms with Crippen molar-refractivity contribution in [1.29, 1.82) is 0 Å². The van der Waals surface area contributed by atoms with Crippen molar-refractivity contribution in [2.45, 2.75) is 6.10 Å². The second-order valence-corrected chi connectivity index (χ2v) is 2.63. The van der Waals surface area contributed by atoms with Gasteiger partial charge >= 0.3 is 5.97 Å². The summed E-state index contributed by atoms with van der Waals surface area (Å²) in [5.41, 5.74) is 5.17. The van der Waals surface area contributed by atoms with E-state index in [0.717, 1.165) is 0 Å². The lowest BCUT2D eigenvalue weighted by Gasteiger charge is -2.12. The Morgan fingerprint density at radius 2 is 2.07 bits per heavy atom. The molecule has 0 amide bonds. The van der Waals surface area contributed by atoms with Gasteiger partial charge in [-0.3, -0.25) is 0 Å². The summed E-state index contributed by atoms with van der Waals surface area (Å²) < 4.78 is 17.5. The van der Waals surface area contributed by atoms with Gasteiger partial charge in [0.15, 0.2) is 0 Å². The van der Waals surface area contributed by atoms with Crippen LogP contribution < -0.4 is 10.5 Å². The summed E-state index contributed by atoms with van der Waals surface area (Å²) >= 11 is 0. The molecule has 76 valence electrons. The molecule has 5 heteroatoms. The van der Waals surface area contributed by atoms with Gasteiger partial charge in [0.25, 0.3) is 0 Å². The number of aliphatic carboxylic acids is 1. The largest absolute Gasteiger partial charge is 0.478 e. The third-order valence-corrected chi connectivity index (χ3v) is 1.58. The van der Waals surface area contributed by atoms with E-state index in [1.54, 1.807) is 0 Å². The number of hydrogen-bond acceptors (Lipinski definition) is 3. The van der Waals surface area contributed by atoms with Crippen LogP contribution in [0.4, 0.5) is 4.39 Å². The number of benzene rings is 1. The number of halogens is 1. The standard InChI is InChI=1S/C9H10FNO3/c10-6-1-3-7(4-2-6)14-8(5-11)9(12)13/h1-4,8H,5,11H2,(H,12,13). The number of ether oxygens (including phenoxy) is 1. The SMILES string of the molecule is NCC(Oc1ccc(F)cc1)C(=O)O. The van der Waals surface area contributed by atoms with Crippen molar-refractivity contribution in [2.75, 3.05) is 6.54 Å². The molecule has 0 saturated carbocycles. The zero-order chi connectivity index (χ0) is 10.6. The van der Waals surface area contributed by atoms with E-state index in [0.29, 0.717) is 0 Å². The highest BCUT2D eigenvalue weighted by atomic mass is 19.1. The minimum atomic E-state index is -1.14. The Morgan fingerprint density at radius 3 is 2.50 bits per heavy atom. The molecular formula is C9H10FNO3. The molecule has 0 saturated heterocycles. The maximum Gasteiger partial charge on any atom is 0.346 e. The summed E-state index contributed by atoms with van der Waals surface area (Å²) in [6.07, 6.45) is -1.10. The summed E-state index contributed by atoms with van der Waals surface area (Å²) in [5, 5.41) is 8.61. The molecule has 0 aromatic heterocycles. The minimum absolute atomic E-state index is 0.132. The zero-order valence-corrected chi connectivity index (χ0v) is 7.31. The summed E-state index contributed by atoms with van der Waals surface area (Å²) in [7, 11) is 0. The van der Waals surface area contributed by atoms with Gasteiger partial charge < -0.3 is 15.6 Å². The number of carbonyl (C=O) groups is 1. The molecule has 0 radical (unpaired) electrons.